The van der Waals surface area contributed by atoms with Gasteiger partial charge in [-0.1, -0.05) is 6.92 Å². The molecule has 0 aliphatic rings. The van der Waals surface area contributed by atoms with Crippen molar-refractivity contribution >= 4 is 11.8 Å². The topological polar surface area (TPSA) is 63.6 Å². The molecule has 1 N–H and O–H groups in total. The standard InChI is InChI=1S/C10H18O4/c1-5-7(9(12)13)8(11)6-14-10(2,3)4/h7H,5-6H2,1-4H3,(H,12,13). The predicted molar refractivity (Wildman–Crippen MR) is 52.1 cm³/mol. The molecule has 0 heterocycles. The van der Waals surface area contributed by atoms with Crippen LogP contribution < -0.4 is 0 Å². The molecule has 0 rings (SSSR count). The molecule has 0 aromatic carbocycles. The molecule has 1 atom stereocenters. The summed E-state index contributed by atoms with van der Waals surface area (Å²) in [6.07, 6.45) is 0.307. The lowest BCUT2D eigenvalue weighted by Gasteiger charge is -2.19. The molecule has 4 heteroatoms. The average molecular weight is 202 g/mol. The third-order valence-electron chi connectivity index (χ3n) is 1.74. The molecule has 0 amide bonds. The van der Waals surface area contributed by atoms with Gasteiger partial charge in [-0.25, -0.2) is 0 Å². The first-order valence-electron chi connectivity index (χ1n) is 4.67. The summed E-state index contributed by atoms with van der Waals surface area (Å²) in [7, 11) is 0. The number of carbonyl (C=O) groups excluding carboxylic acids is 1. The number of hydrogen-bond donors (Lipinski definition) is 1. The highest BCUT2D eigenvalue weighted by Crippen LogP contribution is 2.10. The summed E-state index contributed by atoms with van der Waals surface area (Å²) in [5.74, 6) is -2.37. The minimum atomic E-state index is -1.07. The normalized spacial score (nSPS) is 13.7. The molecular formula is C10H18O4. The Balaban J connectivity index is 4.13. The number of carbonyl (C=O) groups is 2. The third-order valence-corrected chi connectivity index (χ3v) is 1.74. The van der Waals surface area contributed by atoms with Crippen molar-refractivity contribution in [1.82, 2.24) is 0 Å². The Morgan fingerprint density at radius 2 is 1.86 bits per heavy atom. The van der Waals surface area contributed by atoms with Gasteiger partial charge in [-0.05, 0) is 27.2 Å². The molecule has 14 heavy (non-hydrogen) atoms. The molecule has 1 unspecified atom stereocenters. The first-order valence-corrected chi connectivity index (χ1v) is 4.67. The highest BCUT2D eigenvalue weighted by atomic mass is 16.5. The maximum absolute atomic E-state index is 11.4. The van der Waals surface area contributed by atoms with E-state index in [1.807, 2.05) is 20.8 Å². The van der Waals surface area contributed by atoms with Crippen LogP contribution in [0.5, 0.6) is 0 Å². The molecule has 0 aromatic rings. The van der Waals surface area contributed by atoms with Gasteiger partial charge < -0.3 is 9.84 Å². The lowest BCUT2D eigenvalue weighted by atomic mass is 10.0. The smallest absolute Gasteiger partial charge is 0.314 e. The van der Waals surface area contributed by atoms with E-state index in [-0.39, 0.29) is 12.4 Å². The van der Waals surface area contributed by atoms with E-state index in [2.05, 4.69) is 0 Å². The maximum atomic E-state index is 11.4. The number of ketones is 1. The van der Waals surface area contributed by atoms with Crippen molar-refractivity contribution in [2.45, 2.75) is 39.7 Å². The van der Waals surface area contributed by atoms with Gasteiger partial charge in [0, 0.05) is 0 Å². The van der Waals surface area contributed by atoms with Crippen molar-refractivity contribution in [1.29, 1.82) is 0 Å². The van der Waals surface area contributed by atoms with Gasteiger partial charge in [-0.2, -0.15) is 0 Å². The molecule has 0 bridgehead atoms. The second-order valence-corrected chi connectivity index (χ2v) is 4.17. The maximum Gasteiger partial charge on any atom is 0.314 e. The molecule has 0 saturated carbocycles. The molecule has 0 spiro atoms. The van der Waals surface area contributed by atoms with Crippen LogP contribution in [0.4, 0.5) is 0 Å². The minimum Gasteiger partial charge on any atom is -0.481 e. The molecule has 0 aliphatic carbocycles. The zero-order chi connectivity index (χ0) is 11.4. The summed E-state index contributed by atoms with van der Waals surface area (Å²) in [6, 6.07) is 0. The zero-order valence-corrected chi connectivity index (χ0v) is 9.16. The van der Waals surface area contributed by atoms with E-state index in [9.17, 15) is 9.59 Å². The minimum absolute atomic E-state index is 0.131. The summed E-state index contributed by atoms with van der Waals surface area (Å²) >= 11 is 0. The quantitative estimate of drug-likeness (QED) is 0.686. The number of ether oxygens (including phenoxy) is 1. The molecule has 0 aliphatic heterocycles. The number of aliphatic carboxylic acids is 1. The van der Waals surface area contributed by atoms with Crippen LogP contribution in [0.1, 0.15) is 34.1 Å². The lowest BCUT2D eigenvalue weighted by molar-refractivity contribution is -0.149. The monoisotopic (exact) mass is 202 g/mol. The molecule has 0 fully saturated rings. The van der Waals surface area contributed by atoms with Gasteiger partial charge in [-0.3, -0.25) is 9.59 Å². The van der Waals surface area contributed by atoms with Crippen LogP contribution in [-0.2, 0) is 14.3 Å². The van der Waals surface area contributed by atoms with Gasteiger partial charge in [-0.15, -0.1) is 0 Å². The van der Waals surface area contributed by atoms with Crippen molar-refractivity contribution in [2.24, 2.45) is 5.92 Å². The van der Waals surface area contributed by atoms with Gasteiger partial charge in [0.15, 0.2) is 5.78 Å². The highest BCUT2D eigenvalue weighted by Gasteiger charge is 2.25. The zero-order valence-electron chi connectivity index (χ0n) is 9.16. The molecule has 0 radical (unpaired) electrons. The average Bonchev–Trinajstić information content (AvgIpc) is 2.00. The summed E-state index contributed by atoms with van der Waals surface area (Å²) < 4.78 is 5.21. The van der Waals surface area contributed by atoms with Gasteiger partial charge in [0.25, 0.3) is 0 Å². The Kier molecular flexibility index (Phi) is 4.77. The first kappa shape index (κ1) is 13.1. The number of rotatable bonds is 5. The van der Waals surface area contributed by atoms with Crippen LogP contribution in [0, 0.1) is 5.92 Å². The SMILES string of the molecule is CCC(C(=O)O)C(=O)COC(C)(C)C. The Morgan fingerprint density at radius 1 is 1.36 bits per heavy atom. The summed E-state index contributed by atoms with van der Waals surface area (Å²) in [5, 5.41) is 8.70. The fraction of sp³-hybridized carbons (Fsp3) is 0.800. The number of carboxylic acid groups (broad SMARTS) is 1. The largest absolute Gasteiger partial charge is 0.481 e. The van der Waals surface area contributed by atoms with E-state index in [1.165, 1.54) is 0 Å². The third kappa shape index (κ3) is 4.97. The van der Waals surface area contributed by atoms with E-state index in [0.717, 1.165) is 0 Å². The lowest BCUT2D eigenvalue weighted by Crippen LogP contribution is -2.30. The van der Waals surface area contributed by atoms with E-state index in [1.54, 1.807) is 6.92 Å². The van der Waals surface area contributed by atoms with Crippen molar-refractivity contribution in [3.05, 3.63) is 0 Å². The molecular weight excluding hydrogens is 184 g/mol. The second-order valence-electron chi connectivity index (χ2n) is 4.17. The Hall–Kier alpha value is -0.900. The predicted octanol–water partition coefficient (Wildman–Crippen LogP) is 1.48. The number of Topliss-reactive ketones (excluding diaryl/α,β-unsaturated/α-hetero) is 1. The van der Waals surface area contributed by atoms with Crippen molar-refractivity contribution < 1.29 is 19.4 Å². The fourth-order valence-electron chi connectivity index (χ4n) is 0.928. The van der Waals surface area contributed by atoms with Crippen LogP contribution in [0.3, 0.4) is 0 Å². The number of carboxylic acids is 1. The van der Waals surface area contributed by atoms with Crippen LogP contribution >= 0.6 is 0 Å². The Bertz CT molecular complexity index is 215. The van der Waals surface area contributed by atoms with Crippen molar-refractivity contribution in [3.63, 3.8) is 0 Å². The van der Waals surface area contributed by atoms with Crippen LogP contribution in [0.15, 0.2) is 0 Å². The Labute approximate surface area is 84.3 Å². The van der Waals surface area contributed by atoms with Gasteiger partial charge in [0.1, 0.15) is 12.5 Å². The van der Waals surface area contributed by atoms with Crippen molar-refractivity contribution in [3.8, 4) is 0 Å². The van der Waals surface area contributed by atoms with E-state index in [0.29, 0.717) is 6.42 Å². The van der Waals surface area contributed by atoms with Crippen molar-refractivity contribution in [2.75, 3.05) is 6.61 Å². The van der Waals surface area contributed by atoms with E-state index >= 15 is 0 Å². The molecule has 82 valence electrons. The second kappa shape index (κ2) is 5.10. The first-order chi connectivity index (χ1) is 6.28. The van der Waals surface area contributed by atoms with Crippen LogP contribution in [-0.4, -0.2) is 29.1 Å². The summed E-state index contributed by atoms with van der Waals surface area (Å²) in [5.41, 5.74) is -0.410. The molecule has 4 nitrogen and oxygen atoms in total. The van der Waals surface area contributed by atoms with E-state index < -0.39 is 17.5 Å². The van der Waals surface area contributed by atoms with Crippen LogP contribution in [0.2, 0.25) is 0 Å². The van der Waals surface area contributed by atoms with Gasteiger partial charge in [0.2, 0.25) is 0 Å². The molecule has 0 saturated heterocycles. The highest BCUT2D eigenvalue weighted by molar-refractivity contribution is 5.98. The number of hydrogen-bond acceptors (Lipinski definition) is 3. The van der Waals surface area contributed by atoms with Gasteiger partial charge >= 0.3 is 5.97 Å². The van der Waals surface area contributed by atoms with E-state index in [4.69, 9.17) is 9.84 Å². The van der Waals surface area contributed by atoms with Crippen LogP contribution in [0.25, 0.3) is 0 Å². The fourth-order valence-corrected chi connectivity index (χ4v) is 0.928. The van der Waals surface area contributed by atoms with Gasteiger partial charge in [0.05, 0.1) is 5.60 Å². The molecule has 0 aromatic heterocycles. The summed E-state index contributed by atoms with van der Waals surface area (Å²) in [6.45, 7) is 7.01. The Morgan fingerprint density at radius 3 is 2.14 bits per heavy atom. The summed E-state index contributed by atoms with van der Waals surface area (Å²) in [4.78, 5) is 22.0.